The van der Waals surface area contributed by atoms with Crippen molar-refractivity contribution in [3.05, 3.63) is 64.1 Å². The van der Waals surface area contributed by atoms with E-state index in [9.17, 15) is 14.4 Å². The summed E-state index contributed by atoms with van der Waals surface area (Å²) in [5.74, 6) is 0.374. The number of nitrogens with two attached hydrogens (primary N) is 1. The Bertz CT molecular complexity index is 1090. The Morgan fingerprint density at radius 3 is 2.40 bits per heavy atom. The number of halogens is 1. The highest BCUT2D eigenvalue weighted by Gasteiger charge is 2.28. The highest BCUT2D eigenvalue weighted by Crippen LogP contribution is 2.29. The minimum absolute atomic E-state index is 0.0276. The van der Waals surface area contributed by atoms with Gasteiger partial charge in [0.15, 0.2) is 0 Å². The van der Waals surface area contributed by atoms with Gasteiger partial charge in [0, 0.05) is 16.6 Å². The quantitative estimate of drug-likeness (QED) is 0.150. The zero-order valence-corrected chi connectivity index (χ0v) is 24.8. The van der Waals surface area contributed by atoms with Gasteiger partial charge in [-0.05, 0) is 68.2 Å². The topological polar surface area (TPSA) is 117 Å². The highest BCUT2D eigenvalue weighted by molar-refractivity contribution is 9.10. The predicted octanol–water partition coefficient (Wildman–Crippen LogP) is 6.08. The van der Waals surface area contributed by atoms with Gasteiger partial charge in [0.2, 0.25) is 5.91 Å². The fourth-order valence-corrected chi connectivity index (χ4v) is 5.12. The van der Waals surface area contributed by atoms with Crippen LogP contribution in [0.25, 0.3) is 0 Å². The van der Waals surface area contributed by atoms with Crippen LogP contribution in [0.3, 0.4) is 0 Å². The van der Waals surface area contributed by atoms with E-state index in [1.54, 1.807) is 24.3 Å². The lowest BCUT2D eigenvalue weighted by Crippen LogP contribution is -2.44. The molecular weight excluding hydrogens is 576 g/mol. The first-order valence-electron chi connectivity index (χ1n) is 14.2. The lowest BCUT2D eigenvalue weighted by molar-refractivity contribution is -0.150. The van der Waals surface area contributed by atoms with Crippen LogP contribution < -0.4 is 15.8 Å². The van der Waals surface area contributed by atoms with Crippen molar-refractivity contribution < 1.29 is 28.6 Å². The molecule has 0 heterocycles. The smallest absolute Gasteiger partial charge is 0.465 e. The van der Waals surface area contributed by atoms with Crippen molar-refractivity contribution in [1.82, 2.24) is 5.32 Å². The van der Waals surface area contributed by atoms with E-state index in [-0.39, 0.29) is 24.4 Å². The zero-order valence-electron chi connectivity index (χ0n) is 23.2. The molecule has 1 saturated carbocycles. The first-order valence-corrected chi connectivity index (χ1v) is 15.0. The lowest BCUT2D eigenvalue weighted by Gasteiger charge is -2.27. The van der Waals surface area contributed by atoms with Crippen molar-refractivity contribution in [2.24, 2.45) is 17.6 Å². The molecule has 0 aromatic heterocycles. The summed E-state index contributed by atoms with van der Waals surface area (Å²) in [5, 5.41) is 2.97. The molecule has 0 saturated heterocycles. The molecule has 3 N–H and O–H groups in total. The van der Waals surface area contributed by atoms with Gasteiger partial charge in [0.1, 0.15) is 12.4 Å². The van der Waals surface area contributed by atoms with E-state index in [2.05, 4.69) is 28.2 Å². The van der Waals surface area contributed by atoms with Crippen molar-refractivity contribution in [1.29, 1.82) is 0 Å². The van der Waals surface area contributed by atoms with Crippen LogP contribution in [0.15, 0.2) is 53.0 Å². The number of carbonyl (C=O) groups excluding carboxylic acids is 3. The molecule has 9 heteroatoms. The molecule has 1 fully saturated rings. The summed E-state index contributed by atoms with van der Waals surface area (Å²) in [6.45, 7) is 3.32. The molecule has 1 atom stereocenters. The fourth-order valence-electron chi connectivity index (χ4n) is 4.72. The summed E-state index contributed by atoms with van der Waals surface area (Å²) in [6.07, 6.45) is 7.29. The second-order valence-electron chi connectivity index (χ2n) is 10.4. The van der Waals surface area contributed by atoms with Gasteiger partial charge in [-0.15, -0.1) is 0 Å². The van der Waals surface area contributed by atoms with Crippen molar-refractivity contribution in [3.63, 3.8) is 0 Å². The van der Waals surface area contributed by atoms with Gasteiger partial charge in [-0.2, -0.15) is 0 Å². The Morgan fingerprint density at radius 1 is 0.975 bits per heavy atom. The summed E-state index contributed by atoms with van der Waals surface area (Å²) in [7, 11) is 0. The third-order valence-electron chi connectivity index (χ3n) is 7.21. The molecule has 0 unspecified atom stereocenters. The van der Waals surface area contributed by atoms with E-state index in [0.29, 0.717) is 31.2 Å². The first kappa shape index (κ1) is 31.6. The van der Waals surface area contributed by atoms with E-state index < -0.39 is 12.2 Å². The van der Waals surface area contributed by atoms with Gasteiger partial charge >= 0.3 is 12.1 Å². The second kappa shape index (κ2) is 17.0. The highest BCUT2D eigenvalue weighted by atomic mass is 79.9. The van der Waals surface area contributed by atoms with Crippen LogP contribution in [0.4, 0.5) is 4.79 Å². The Labute approximate surface area is 245 Å². The monoisotopic (exact) mass is 616 g/mol. The summed E-state index contributed by atoms with van der Waals surface area (Å²) in [4.78, 5) is 36.9. The average molecular weight is 618 g/mol. The molecule has 0 aliphatic heterocycles. The maximum Gasteiger partial charge on any atom is 0.514 e. The van der Waals surface area contributed by atoms with Crippen LogP contribution in [0.5, 0.6) is 5.75 Å². The summed E-state index contributed by atoms with van der Waals surface area (Å²) < 4.78 is 16.7. The third kappa shape index (κ3) is 10.9. The van der Waals surface area contributed by atoms with Crippen molar-refractivity contribution in [2.75, 3.05) is 13.2 Å². The molecule has 1 aliphatic carbocycles. The van der Waals surface area contributed by atoms with Crippen LogP contribution in [-0.4, -0.2) is 37.2 Å². The van der Waals surface area contributed by atoms with E-state index in [1.165, 1.54) is 6.42 Å². The summed E-state index contributed by atoms with van der Waals surface area (Å²) in [5.41, 5.74) is 7.84. The van der Waals surface area contributed by atoms with E-state index in [1.807, 2.05) is 24.3 Å². The fraction of sp³-hybridized carbons (Fsp3) is 0.516. The predicted molar refractivity (Wildman–Crippen MR) is 157 cm³/mol. The number of amides is 1. The standard InChI is InChI=1S/C31H41BrN2O6/c1-2-3-4-7-18-38-30(36)24-14-10-23(11-15-24)20-34-29(35)28(33)19-22-12-16-26(17-13-22)40-31(37)39-21-25-8-5-6-9-27(25)32/h5-6,8-9,12-13,16-17,23-24,28H,2-4,7,10-11,14-15,18-21,33H2,1H3,(H,34,35)/t23?,24?,28-/m0/s1. The van der Waals surface area contributed by atoms with Crippen LogP contribution in [0, 0.1) is 11.8 Å². The van der Waals surface area contributed by atoms with Crippen molar-refractivity contribution in [3.8, 4) is 5.75 Å². The Morgan fingerprint density at radius 2 is 1.70 bits per heavy atom. The van der Waals surface area contributed by atoms with Gasteiger partial charge in [-0.1, -0.05) is 72.4 Å². The minimum Gasteiger partial charge on any atom is -0.465 e. The maximum absolute atomic E-state index is 12.6. The van der Waals surface area contributed by atoms with Gasteiger partial charge in [-0.25, -0.2) is 4.79 Å². The van der Waals surface area contributed by atoms with Crippen LogP contribution >= 0.6 is 15.9 Å². The number of carbonyl (C=O) groups is 3. The zero-order chi connectivity index (χ0) is 28.7. The van der Waals surface area contributed by atoms with E-state index >= 15 is 0 Å². The number of unbranched alkanes of at least 4 members (excludes halogenated alkanes) is 3. The van der Waals surface area contributed by atoms with E-state index in [4.69, 9.17) is 19.9 Å². The van der Waals surface area contributed by atoms with Crippen LogP contribution in [0.2, 0.25) is 0 Å². The van der Waals surface area contributed by atoms with Crippen LogP contribution in [-0.2, 0) is 32.1 Å². The minimum atomic E-state index is -0.798. The number of rotatable bonds is 14. The van der Waals surface area contributed by atoms with E-state index in [0.717, 1.165) is 60.5 Å². The van der Waals surface area contributed by atoms with Gasteiger partial charge in [0.05, 0.1) is 18.6 Å². The number of hydrogen-bond donors (Lipinski definition) is 2. The second-order valence-corrected chi connectivity index (χ2v) is 11.2. The van der Waals surface area contributed by atoms with Gasteiger partial charge < -0.3 is 25.3 Å². The normalized spacial score (nSPS) is 17.5. The molecule has 0 spiro atoms. The Kier molecular flexibility index (Phi) is 13.5. The molecular formula is C31H41BrN2O6. The van der Waals surface area contributed by atoms with Crippen LogP contribution in [0.1, 0.15) is 69.4 Å². The molecule has 0 radical (unpaired) electrons. The van der Waals surface area contributed by atoms with Crippen molar-refractivity contribution >= 4 is 34.0 Å². The Balaban J connectivity index is 1.31. The molecule has 2 aromatic rings. The molecule has 8 nitrogen and oxygen atoms in total. The SMILES string of the molecule is CCCCCCOC(=O)C1CCC(CNC(=O)[C@@H](N)Cc2ccc(OC(=O)OCc3ccccc3Br)cc2)CC1. The number of benzene rings is 2. The lowest BCUT2D eigenvalue weighted by atomic mass is 9.82. The first-order chi connectivity index (χ1) is 19.4. The maximum atomic E-state index is 12.6. The largest absolute Gasteiger partial charge is 0.514 e. The Hall–Kier alpha value is -2.91. The molecule has 0 bridgehead atoms. The summed E-state index contributed by atoms with van der Waals surface area (Å²) in [6, 6.07) is 13.6. The number of esters is 1. The van der Waals surface area contributed by atoms with Gasteiger partial charge in [0.25, 0.3) is 0 Å². The average Bonchev–Trinajstić information content (AvgIpc) is 2.96. The third-order valence-corrected chi connectivity index (χ3v) is 7.98. The number of ether oxygens (including phenoxy) is 3. The van der Waals surface area contributed by atoms with Crippen molar-refractivity contribution in [2.45, 2.75) is 77.4 Å². The molecule has 218 valence electrons. The molecule has 2 aromatic carbocycles. The molecule has 1 aliphatic rings. The number of nitrogens with one attached hydrogen (secondary N) is 1. The number of hydrogen-bond acceptors (Lipinski definition) is 7. The molecule has 3 rings (SSSR count). The molecule has 1 amide bonds. The molecule has 40 heavy (non-hydrogen) atoms. The summed E-state index contributed by atoms with van der Waals surface area (Å²) >= 11 is 3.41. The van der Waals surface area contributed by atoms with Gasteiger partial charge in [-0.3, -0.25) is 9.59 Å².